The highest BCUT2D eigenvalue weighted by Crippen LogP contribution is 2.39. The molecular weight excluding hydrogens is 300 g/mol. The molecule has 3 rings (SSSR count). The lowest BCUT2D eigenvalue weighted by Gasteiger charge is -2.45. The van der Waals surface area contributed by atoms with Crippen LogP contribution in [0.4, 0.5) is 0 Å². The Balaban J connectivity index is 1.86. The van der Waals surface area contributed by atoms with Gasteiger partial charge in [0.05, 0.1) is 13.4 Å². The maximum Gasteiger partial charge on any atom is 0.211 e. The number of nitrogens with zero attached hydrogens (tertiary/aromatic N) is 2. The van der Waals surface area contributed by atoms with Gasteiger partial charge in [-0.1, -0.05) is 6.07 Å². The van der Waals surface area contributed by atoms with Crippen LogP contribution in [0.3, 0.4) is 0 Å². The first-order chi connectivity index (χ1) is 10.4. The van der Waals surface area contributed by atoms with Gasteiger partial charge in [-0.2, -0.15) is 0 Å². The number of piperidine rings is 1. The van der Waals surface area contributed by atoms with Crippen molar-refractivity contribution in [2.24, 2.45) is 0 Å². The van der Waals surface area contributed by atoms with E-state index in [1.807, 2.05) is 6.07 Å². The van der Waals surface area contributed by atoms with Crippen LogP contribution in [0.25, 0.3) is 0 Å². The van der Waals surface area contributed by atoms with Crippen molar-refractivity contribution in [2.45, 2.75) is 31.3 Å². The highest BCUT2D eigenvalue weighted by atomic mass is 32.2. The van der Waals surface area contributed by atoms with Crippen molar-refractivity contribution in [1.29, 1.82) is 0 Å². The van der Waals surface area contributed by atoms with E-state index in [4.69, 9.17) is 4.74 Å². The molecule has 0 saturated carbocycles. The Labute approximate surface area is 132 Å². The minimum Gasteiger partial charge on any atom is -0.497 e. The smallest absolute Gasteiger partial charge is 0.211 e. The zero-order valence-corrected chi connectivity index (χ0v) is 14.3. The molecular formula is C16H24N2O3S. The van der Waals surface area contributed by atoms with Crippen molar-refractivity contribution in [2.75, 3.05) is 33.5 Å². The van der Waals surface area contributed by atoms with Crippen LogP contribution < -0.4 is 4.74 Å². The molecule has 2 aliphatic heterocycles. The third kappa shape index (κ3) is 2.87. The number of hydrogen-bond donors (Lipinski definition) is 0. The SMILES string of the molecule is COc1ccc2c(c1)CCN1CC[C@@H](N(C)S(C)(=O)=O)C[C@@H]21. The van der Waals surface area contributed by atoms with Crippen LogP contribution in [-0.2, 0) is 16.4 Å². The second kappa shape index (κ2) is 5.83. The molecule has 22 heavy (non-hydrogen) atoms. The molecule has 1 fully saturated rings. The molecule has 0 aromatic heterocycles. The molecule has 122 valence electrons. The summed E-state index contributed by atoms with van der Waals surface area (Å²) in [7, 11) is 0.257. The van der Waals surface area contributed by atoms with Crippen molar-refractivity contribution in [3.05, 3.63) is 29.3 Å². The van der Waals surface area contributed by atoms with E-state index >= 15 is 0 Å². The Bertz CT molecular complexity index is 659. The summed E-state index contributed by atoms with van der Waals surface area (Å²) in [6.07, 6.45) is 4.10. The van der Waals surface area contributed by atoms with Crippen molar-refractivity contribution in [1.82, 2.24) is 9.21 Å². The summed E-state index contributed by atoms with van der Waals surface area (Å²) in [6, 6.07) is 6.68. The number of methoxy groups -OCH3 is 1. The van der Waals surface area contributed by atoms with E-state index in [1.165, 1.54) is 17.4 Å². The summed E-state index contributed by atoms with van der Waals surface area (Å²) in [5, 5.41) is 0. The highest BCUT2D eigenvalue weighted by Gasteiger charge is 2.36. The number of sulfonamides is 1. The van der Waals surface area contributed by atoms with Crippen LogP contribution in [0.5, 0.6) is 5.75 Å². The van der Waals surface area contributed by atoms with E-state index in [-0.39, 0.29) is 6.04 Å². The molecule has 2 aliphatic rings. The molecule has 0 aliphatic carbocycles. The zero-order valence-electron chi connectivity index (χ0n) is 13.4. The van der Waals surface area contributed by atoms with Crippen molar-refractivity contribution in [3.63, 3.8) is 0 Å². The van der Waals surface area contributed by atoms with Gasteiger partial charge in [-0.3, -0.25) is 4.90 Å². The normalized spacial score (nSPS) is 25.6. The van der Waals surface area contributed by atoms with Crippen LogP contribution in [0.15, 0.2) is 18.2 Å². The molecule has 6 heteroatoms. The van der Waals surface area contributed by atoms with Crippen LogP contribution in [0.1, 0.15) is 30.0 Å². The van der Waals surface area contributed by atoms with Gasteiger partial charge in [-0.25, -0.2) is 12.7 Å². The fraction of sp³-hybridized carbons (Fsp3) is 0.625. The Kier molecular flexibility index (Phi) is 4.18. The molecule has 0 N–H and O–H groups in total. The summed E-state index contributed by atoms with van der Waals surface area (Å²) in [6.45, 7) is 2.00. The summed E-state index contributed by atoms with van der Waals surface area (Å²) in [5.41, 5.74) is 2.67. The Morgan fingerprint density at radius 2 is 2.09 bits per heavy atom. The van der Waals surface area contributed by atoms with Gasteiger partial charge in [0.25, 0.3) is 0 Å². The van der Waals surface area contributed by atoms with E-state index in [9.17, 15) is 8.42 Å². The van der Waals surface area contributed by atoms with Gasteiger partial charge in [-0.15, -0.1) is 0 Å². The number of fused-ring (bicyclic) bond motifs is 3. The summed E-state index contributed by atoms with van der Waals surface area (Å²) in [5.74, 6) is 0.896. The van der Waals surface area contributed by atoms with Gasteiger partial charge in [-0.05, 0) is 42.5 Å². The lowest BCUT2D eigenvalue weighted by Crippen LogP contribution is -2.48. The molecule has 0 radical (unpaired) electrons. The molecule has 1 saturated heterocycles. The lowest BCUT2D eigenvalue weighted by molar-refractivity contribution is 0.0971. The predicted molar refractivity (Wildman–Crippen MR) is 86.6 cm³/mol. The summed E-state index contributed by atoms with van der Waals surface area (Å²) < 4.78 is 30.5. The summed E-state index contributed by atoms with van der Waals surface area (Å²) in [4.78, 5) is 2.49. The lowest BCUT2D eigenvalue weighted by atomic mass is 9.85. The van der Waals surface area contributed by atoms with Gasteiger partial charge < -0.3 is 4.74 Å². The van der Waals surface area contributed by atoms with Gasteiger partial charge in [0.1, 0.15) is 5.75 Å². The maximum absolute atomic E-state index is 11.8. The maximum atomic E-state index is 11.8. The van der Waals surface area contributed by atoms with Crippen molar-refractivity contribution < 1.29 is 13.2 Å². The topological polar surface area (TPSA) is 49.9 Å². The zero-order chi connectivity index (χ0) is 15.9. The fourth-order valence-electron chi connectivity index (χ4n) is 3.70. The Hall–Kier alpha value is -1.11. The average molecular weight is 324 g/mol. The van der Waals surface area contributed by atoms with Crippen molar-refractivity contribution in [3.8, 4) is 5.75 Å². The largest absolute Gasteiger partial charge is 0.497 e. The number of benzene rings is 1. The monoisotopic (exact) mass is 324 g/mol. The minimum atomic E-state index is -3.13. The molecule has 5 nitrogen and oxygen atoms in total. The first kappa shape index (κ1) is 15.8. The molecule has 0 bridgehead atoms. The van der Waals surface area contributed by atoms with Crippen LogP contribution >= 0.6 is 0 Å². The summed E-state index contributed by atoms with van der Waals surface area (Å²) >= 11 is 0. The quantitative estimate of drug-likeness (QED) is 0.848. The van der Waals surface area contributed by atoms with Crippen molar-refractivity contribution >= 4 is 10.0 Å². The Morgan fingerprint density at radius 1 is 1.32 bits per heavy atom. The second-order valence-corrected chi connectivity index (χ2v) is 8.37. The van der Waals surface area contributed by atoms with Gasteiger partial charge in [0.2, 0.25) is 10.0 Å². The van der Waals surface area contributed by atoms with Gasteiger partial charge in [0.15, 0.2) is 0 Å². The highest BCUT2D eigenvalue weighted by molar-refractivity contribution is 7.88. The standard InChI is InChI=1S/C16H24N2O3S/c1-17(22(3,19)20)13-7-9-18-8-6-12-10-14(21-2)4-5-15(12)16(18)11-13/h4-5,10,13,16H,6-9,11H2,1-3H3/t13-,16+/m1/s1. The fourth-order valence-corrected chi connectivity index (χ4v) is 4.44. The van der Waals surface area contributed by atoms with Crippen LogP contribution in [0.2, 0.25) is 0 Å². The molecule has 2 heterocycles. The average Bonchev–Trinajstić information content (AvgIpc) is 2.52. The second-order valence-electron chi connectivity index (χ2n) is 6.32. The molecule has 0 unspecified atom stereocenters. The Morgan fingerprint density at radius 3 is 2.77 bits per heavy atom. The van der Waals surface area contributed by atoms with Gasteiger partial charge >= 0.3 is 0 Å². The van der Waals surface area contributed by atoms with E-state index < -0.39 is 10.0 Å². The third-order valence-corrected chi connectivity index (χ3v) is 6.44. The predicted octanol–water partition coefficient (Wildman–Crippen LogP) is 1.65. The van der Waals surface area contributed by atoms with E-state index in [0.717, 1.165) is 38.1 Å². The first-order valence-electron chi connectivity index (χ1n) is 7.74. The van der Waals surface area contributed by atoms with Gasteiger partial charge in [0, 0.05) is 32.2 Å². The molecule has 0 spiro atoms. The number of ether oxygens (including phenoxy) is 1. The first-order valence-corrected chi connectivity index (χ1v) is 9.59. The molecule has 1 aromatic carbocycles. The molecule has 2 atom stereocenters. The van der Waals surface area contributed by atoms with Crippen LogP contribution in [-0.4, -0.2) is 57.2 Å². The van der Waals surface area contributed by atoms with Crippen LogP contribution in [0, 0.1) is 0 Å². The number of rotatable bonds is 3. The number of hydrogen-bond acceptors (Lipinski definition) is 4. The van der Waals surface area contributed by atoms with E-state index in [2.05, 4.69) is 17.0 Å². The minimum absolute atomic E-state index is 0.0873. The molecule has 1 aromatic rings. The third-order valence-electron chi connectivity index (χ3n) is 5.10. The van der Waals surface area contributed by atoms with E-state index in [0.29, 0.717) is 6.04 Å². The van der Waals surface area contributed by atoms with E-state index in [1.54, 1.807) is 18.5 Å². The molecule has 0 amide bonds.